The Bertz CT molecular complexity index is 155. The van der Waals surface area contributed by atoms with Gasteiger partial charge in [-0.3, -0.25) is 4.79 Å². The highest BCUT2D eigenvalue weighted by Crippen LogP contribution is 1.89. The van der Waals surface area contributed by atoms with Crippen molar-refractivity contribution in [3.63, 3.8) is 0 Å². The van der Waals surface area contributed by atoms with Crippen LogP contribution in [0.3, 0.4) is 0 Å². The van der Waals surface area contributed by atoms with Gasteiger partial charge in [0.1, 0.15) is 0 Å². The van der Waals surface area contributed by atoms with Gasteiger partial charge in [0, 0.05) is 20.1 Å². The zero-order chi connectivity index (χ0) is 9.56. The van der Waals surface area contributed by atoms with Crippen molar-refractivity contribution in [1.29, 1.82) is 0 Å². The first-order valence-corrected chi connectivity index (χ1v) is 4.12. The molecule has 0 saturated carbocycles. The second-order valence-electron chi connectivity index (χ2n) is 3.09. The average Bonchev–Trinajstić information content (AvgIpc) is 2.00. The summed E-state index contributed by atoms with van der Waals surface area (Å²) in [7, 11) is 3.50. The molecule has 0 heterocycles. The van der Waals surface area contributed by atoms with Crippen molar-refractivity contribution in [2.75, 3.05) is 20.6 Å². The monoisotopic (exact) mass is 170 g/mol. The van der Waals surface area contributed by atoms with Crippen LogP contribution in [-0.2, 0) is 4.79 Å². The van der Waals surface area contributed by atoms with Gasteiger partial charge in [0.2, 0.25) is 5.91 Å². The summed E-state index contributed by atoms with van der Waals surface area (Å²) in [6.07, 6.45) is 2.73. The Balaban J connectivity index is 3.53. The highest BCUT2D eigenvalue weighted by atomic mass is 16.2. The van der Waals surface area contributed by atoms with E-state index in [2.05, 4.69) is 11.9 Å². The second-order valence-corrected chi connectivity index (χ2v) is 3.09. The third-order valence-corrected chi connectivity index (χ3v) is 1.62. The van der Waals surface area contributed by atoms with Crippen molar-refractivity contribution >= 4 is 5.91 Å². The Morgan fingerprint density at radius 1 is 1.67 bits per heavy atom. The molecule has 0 rings (SSSR count). The molecule has 0 bridgehead atoms. The molecule has 0 aromatic rings. The van der Waals surface area contributed by atoms with E-state index in [1.807, 2.05) is 13.0 Å². The number of rotatable bonds is 5. The molecule has 0 saturated heterocycles. The maximum Gasteiger partial charge on any atom is 0.236 e. The van der Waals surface area contributed by atoms with Gasteiger partial charge in [0.05, 0.1) is 6.54 Å². The van der Waals surface area contributed by atoms with Gasteiger partial charge in [-0.2, -0.15) is 0 Å². The molecule has 3 nitrogen and oxygen atoms in total. The largest absolute Gasteiger partial charge is 0.348 e. The lowest BCUT2D eigenvalue weighted by atomic mass is 10.2. The zero-order valence-corrected chi connectivity index (χ0v) is 8.13. The van der Waals surface area contributed by atoms with Gasteiger partial charge >= 0.3 is 0 Å². The Morgan fingerprint density at radius 3 is 2.67 bits per heavy atom. The second kappa shape index (κ2) is 5.77. The van der Waals surface area contributed by atoms with Crippen molar-refractivity contribution in [3.8, 4) is 0 Å². The van der Waals surface area contributed by atoms with Crippen LogP contribution in [-0.4, -0.2) is 37.5 Å². The minimum atomic E-state index is 0.103. The van der Waals surface area contributed by atoms with Gasteiger partial charge in [-0.25, -0.2) is 0 Å². The van der Waals surface area contributed by atoms with E-state index in [9.17, 15) is 4.79 Å². The molecule has 1 unspecified atom stereocenters. The molecule has 1 amide bonds. The van der Waals surface area contributed by atoms with Gasteiger partial charge in [-0.15, -0.1) is 6.58 Å². The molecule has 3 heteroatoms. The lowest BCUT2D eigenvalue weighted by molar-refractivity contribution is -0.127. The molecule has 0 aliphatic rings. The number of carbonyl (C=O) groups is 1. The number of amides is 1. The quantitative estimate of drug-likeness (QED) is 0.614. The highest BCUT2D eigenvalue weighted by Gasteiger charge is 2.04. The number of nitrogens with one attached hydrogen (secondary N) is 1. The molecule has 1 atom stereocenters. The first kappa shape index (κ1) is 11.2. The Labute approximate surface area is 74.4 Å². The van der Waals surface area contributed by atoms with Crippen LogP contribution in [0.15, 0.2) is 12.7 Å². The SMILES string of the molecule is C=CCC(C)NCC(=O)N(C)C. The normalized spacial score (nSPS) is 12.2. The first-order chi connectivity index (χ1) is 5.57. The minimum Gasteiger partial charge on any atom is -0.348 e. The summed E-state index contributed by atoms with van der Waals surface area (Å²) >= 11 is 0. The molecular formula is C9H18N2O. The maximum absolute atomic E-state index is 11.1. The van der Waals surface area contributed by atoms with E-state index in [1.165, 1.54) is 0 Å². The number of hydrogen-bond donors (Lipinski definition) is 1. The van der Waals surface area contributed by atoms with Gasteiger partial charge in [-0.1, -0.05) is 6.08 Å². The lowest BCUT2D eigenvalue weighted by Gasteiger charge is -2.14. The molecule has 0 spiro atoms. The number of nitrogens with zero attached hydrogens (tertiary/aromatic N) is 1. The zero-order valence-electron chi connectivity index (χ0n) is 8.13. The van der Waals surface area contributed by atoms with Crippen LogP contribution in [0.2, 0.25) is 0 Å². The highest BCUT2D eigenvalue weighted by molar-refractivity contribution is 5.77. The average molecular weight is 170 g/mol. The van der Waals surface area contributed by atoms with Crippen LogP contribution in [0, 0.1) is 0 Å². The van der Waals surface area contributed by atoms with E-state index >= 15 is 0 Å². The summed E-state index contributed by atoms with van der Waals surface area (Å²) in [6.45, 7) is 6.06. The van der Waals surface area contributed by atoms with E-state index in [4.69, 9.17) is 0 Å². The van der Waals surface area contributed by atoms with Crippen LogP contribution in [0.5, 0.6) is 0 Å². The van der Waals surface area contributed by atoms with Gasteiger partial charge in [0.15, 0.2) is 0 Å². The van der Waals surface area contributed by atoms with Crippen molar-refractivity contribution in [3.05, 3.63) is 12.7 Å². The van der Waals surface area contributed by atoms with Gasteiger partial charge in [-0.05, 0) is 13.3 Å². The molecule has 0 aromatic carbocycles. The fraction of sp³-hybridized carbons (Fsp3) is 0.667. The molecule has 70 valence electrons. The summed E-state index contributed by atoms with van der Waals surface area (Å²) in [5.74, 6) is 0.103. The van der Waals surface area contributed by atoms with Crippen molar-refractivity contribution < 1.29 is 4.79 Å². The Kier molecular flexibility index (Phi) is 5.37. The smallest absolute Gasteiger partial charge is 0.236 e. The lowest BCUT2D eigenvalue weighted by Crippen LogP contribution is -2.37. The Hall–Kier alpha value is -0.830. The molecular weight excluding hydrogens is 152 g/mol. The number of carbonyl (C=O) groups excluding carboxylic acids is 1. The van der Waals surface area contributed by atoms with Crippen LogP contribution in [0.1, 0.15) is 13.3 Å². The summed E-state index contributed by atoms with van der Waals surface area (Å²) in [6, 6.07) is 0.325. The van der Waals surface area contributed by atoms with Crippen molar-refractivity contribution in [1.82, 2.24) is 10.2 Å². The molecule has 12 heavy (non-hydrogen) atoms. The molecule has 0 aliphatic heterocycles. The fourth-order valence-electron chi connectivity index (χ4n) is 0.753. The molecule has 1 N–H and O–H groups in total. The van der Waals surface area contributed by atoms with Crippen molar-refractivity contribution in [2.45, 2.75) is 19.4 Å². The third kappa shape index (κ3) is 4.91. The van der Waals surface area contributed by atoms with E-state index in [0.717, 1.165) is 6.42 Å². The first-order valence-electron chi connectivity index (χ1n) is 4.12. The van der Waals surface area contributed by atoms with Crippen LogP contribution < -0.4 is 5.32 Å². The summed E-state index contributed by atoms with van der Waals surface area (Å²) < 4.78 is 0. The van der Waals surface area contributed by atoms with Crippen LogP contribution >= 0.6 is 0 Å². The minimum absolute atomic E-state index is 0.103. The van der Waals surface area contributed by atoms with Gasteiger partial charge < -0.3 is 10.2 Å². The van der Waals surface area contributed by atoms with E-state index in [-0.39, 0.29) is 5.91 Å². The number of hydrogen-bond acceptors (Lipinski definition) is 2. The van der Waals surface area contributed by atoms with Crippen LogP contribution in [0.25, 0.3) is 0 Å². The number of likely N-dealkylation sites (N-methyl/N-ethyl adjacent to an activating group) is 1. The summed E-state index contributed by atoms with van der Waals surface area (Å²) in [5.41, 5.74) is 0. The Morgan fingerprint density at radius 2 is 2.25 bits per heavy atom. The van der Waals surface area contributed by atoms with Gasteiger partial charge in [0.25, 0.3) is 0 Å². The molecule has 0 fully saturated rings. The predicted molar refractivity (Wildman–Crippen MR) is 51.0 cm³/mol. The third-order valence-electron chi connectivity index (χ3n) is 1.62. The van der Waals surface area contributed by atoms with E-state index in [1.54, 1.807) is 19.0 Å². The standard InChI is InChI=1S/C9H18N2O/c1-5-6-8(2)10-7-9(12)11(3)4/h5,8,10H,1,6-7H2,2-4H3. The molecule has 0 aliphatic carbocycles. The maximum atomic E-state index is 11.1. The van der Waals surface area contributed by atoms with E-state index in [0.29, 0.717) is 12.6 Å². The van der Waals surface area contributed by atoms with Crippen LogP contribution in [0.4, 0.5) is 0 Å². The molecule has 0 aromatic heterocycles. The summed E-state index contributed by atoms with van der Waals surface area (Å²) in [5, 5.41) is 3.10. The fourth-order valence-corrected chi connectivity index (χ4v) is 0.753. The topological polar surface area (TPSA) is 32.3 Å². The summed E-state index contributed by atoms with van der Waals surface area (Å²) in [4.78, 5) is 12.7. The van der Waals surface area contributed by atoms with Crippen molar-refractivity contribution in [2.24, 2.45) is 0 Å². The predicted octanol–water partition coefficient (Wildman–Crippen LogP) is 0.629. The molecule has 0 radical (unpaired) electrons. The van der Waals surface area contributed by atoms with E-state index < -0.39 is 0 Å².